The lowest BCUT2D eigenvalue weighted by Gasteiger charge is -2.28. The van der Waals surface area contributed by atoms with Crippen LogP contribution in [0.3, 0.4) is 0 Å². The van der Waals surface area contributed by atoms with E-state index in [1.807, 2.05) is 0 Å². The van der Waals surface area contributed by atoms with Gasteiger partial charge in [0, 0.05) is 13.2 Å². The summed E-state index contributed by atoms with van der Waals surface area (Å²) in [7, 11) is 1.77. The monoisotopic (exact) mass is 317 g/mol. The van der Waals surface area contributed by atoms with Crippen LogP contribution in [0.4, 0.5) is 4.79 Å². The Morgan fingerprint density at radius 3 is 2.43 bits per heavy atom. The second-order valence-electron chi connectivity index (χ2n) is 6.60. The van der Waals surface area contributed by atoms with Gasteiger partial charge in [-0.25, -0.2) is 4.79 Å². The molecule has 1 aromatic rings. The fraction of sp³-hybridized carbons (Fsp3) is 0.588. The van der Waals surface area contributed by atoms with Gasteiger partial charge in [0.2, 0.25) is 0 Å². The Labute approximate surface area is 135 Å². The van der Waals surface area contributed by atoms with E-state index < -0.39 is 11.6 Å². The zero-order chi connectivity index (χ0) is 16.4. The van der Waals surface area contributed by atoms with Gasteiger partial charge in [0.25, 0.3) is 5.91 Å². The average Bonchev–Trinajstić information content (AvgIpc) is 3.01. The maximum Gasteiger partial charge on any atom is 0.325 e. The number of ketones is 1. The summed E-state index contributed by atoms with van der Waals surface area (Å²) in [5, 5.41) is 2.88. The van der Waals surface area contributed by atoms with Crippen LogP contribution in [0.25, 0.3) is 0 Å². The average molecular weight is 317 g/mol. The lowest BCUT2D eigenvalue weighted by molar-refractivity contribution is -0.131. The Bertz CT molecular complexity index is 627. The molecule has 2 fully saturated rings. The van der Waals surface area contributed by atoms with Gasteiger partial charge >= 0.3 is 6.03 Å². The predicted octanol–water partition coefficient (Wildman–Crippen LogP) is 2.24. The van der Waals surface area contributed by atoms with Gasteiger partial charge in [-0.1, -0.05) is 32.1 Å². The van der Waals surface area contributed by atoms with E-state index in [0.717, 1.165) is 30.6 Å². The molecule has 0 aromatic carbocycles. The van der Waals surface area contributed by atoms with Crippen molar-refractivity contribution in [3.8, 4) is 0 Å². The van der Waals surface area contributed by atoms with Crippen LogP contribution < -0.4 is 5.32 Å². The summed E-state index contributed by atoms with van der Waals surface area (Å²) in [6.45, 7) is -0.190. The summed E-state index contributed by atoms with van der Waals surface area (Å²) in [5.74, 6) is -0.448. The van der Waals surface area contributed by atoms with Gasteiger partial charge in [-0.3, -0.25) is 14.5 Å². The Morgan fingerprint density at radius 1 is 1.17 bits per heavy atom. The summed E-state index contributed by atoms with van der Waals surface area (Å²) in [4.78, 5) is 38.6. The molecule has 124 valence electrons. The minimum absolute atomic E-state index is 0.190. The Morgan fingerprint density at radius 2 is 1.83 bits per heavy atom. The number of aromatic nitrogens is 1. The van der Waals surface area contributed by atoms with Crippen molar-refractivity contribution in [1.82, 2.24) is 14.8 Å². The molecule has 1 saturated heterocycles. The standard InChI is InChI=1S/C17H23N3O3/c1-19-11-7-8-13(19)14(21)12-20-15(22)17(18-16(20)23)9-5-3-2-4-6-10-17/h7-8,11H,2-6,9-10,12H2,1H3,(H,18,23). The van der Waals surface area contributed by atoms with Gasteiger partial charge in [0.05, 0.1) is 12.2 Å². The lowest BCUT2D eigenvalue weighted by atomic mass is 9.84. The highest BCUT2D eigenvalue weighted by molar-refractivity contribution is 6.10. The number of Topliss-reactive ketones (excluding diaryl/α,β-unsaturated/α-hetero) is 1. The molecule has 1 N–H and O–H groups in total. The highest BCUT2D eigenvalue weighted by atomic mass is 16.2. The lowest BCUT2D eigenvalue weighted by Crippen LogP contribution is -2.47. The minimum atomic E-state index is -0.786. The van der Waals surface area contributed by atoms with Crippen LogP contribution in [-0.2, 0) is 11.8 Å². The maximum absolute atomic E-state index is 12.8. The normalized spacial score (nSPS) is 21.2. The molecular weight excluding hydrogens is 294 g/mol. The Balaban J connectivity index is 1.76. The van der Waals surface area contributed by atoms with E-state index >= 15 is 0 Å². The molecule has 1 aliphatic carbocycles. The van der Waals surface area contributed by atoms with Crippen LogP contribution in [0.2, 0.25) is 0 Å². The zero-order valence-corrected chi connectivity index (χ0v) is 13.5. The number of hydrogen-bond donors (Lipinski definition) is 1. The molecule has 0 radical (unpaired) electrons. The van der Waals surface area contributed by atoms with E-state index in [0.29, 0.717) is 18.5 Å². The fourth-order valence-electron chi connectivity index (χ4n) is 3.64. The molecule has 2 heterocycles. The molecule has 23 heavy (non-hydrogen) atoms. The predicted molar refractivity (Wildman–Crippen MR) is 85.0 cm³/mol. The number of hydrogen-bond acceptors (Lipinski definition) is 3. The first-order valence-corrected chi connectivity index (χ1v) is 8.32. The van der Waals surface area contributed by atoms with Crippen molar-refractivity contribution in [2.75, 3.05) is 6.54 Å². The number of imide groups is 1. The molecule has 1 saturated carbocycles. The molecule has 1 spiro atoms. The van der Waals surface area contributed by atoms with Crippen molar-refractivity contribution in [3.63, 3.8) is 0 Å². The second-order valence-corrected chi connectivity index (χ2v) is 6.60. The van der Waals surface area contributed by atoms with Crippen molar-refractivity contribution in [2.24, 2.45) is 7.05 Å². The van der Waals surface area contributed by atoms with E-state index in [1.54, 1.807) is 29.9 Å². The molecule has 0 bridgehead atoms. The molecule has 0 unspecified atom stereocenters. The smallest absolute Gasteiger partial charge is 0.325 e. The quantitative estimate of drug-likeness (QED) is 0.686. The van der Waals surface area contributed by atoms with Crippen molar-refractivity contribution in [2.45, 2.75) is 50.5 Å². The van der Waals surface area contributed by atoms with Gasteiger partial charge in [0.15, 0.2) is 5.78 Å². The van der Waals surface area contributed by atoms with E-state index in [9.17, 15) is 14.4 Å². The maximum atomic E-state index is 12.8. The third kappa shape index (κ3) is 2.90. The van der Waals surface area contributed by atoms with Crippen LogP contribution in [0, 0.1) is 0 Å². The van der Waals surface area contributed by atoms with E-state index in [2.05, 4.69) is 5.32 Å². The van der Waals surface area contributed by atoms with Crippen LogP contribution in [0.5, 0.6) is 0 Å². The summed E-state index contributed by atoms with van der Waals surface area (Å²) >= 11 is 0. The number of amides is 3. The van der Waals surface area contributed by atoms with Crippen LogP contribution in [0.1, 0.15) is 55.4 Å². The van der Waals surface area contributed by atoms with Gasteiger partial charge in [-0.05, 0) is 25.0 Å². The van der Waals surface area contributed by atoms with Gasteiger partial charge in [-0.2, -0.15) is 0 Å². The summed E-state index contributed by atoms with van der Waals surface area (Å²) in [5.41, 5.74) is -0.282. The number of rotatable bonds is 3. The largest absolute Gasteiger partial charge is 0.348 e. The second kappa shape index (κ2) is 6.18. The third-order valence-electron chi connectivity index (χ3n) is 4.98. The summed E-state index contributed by atoms with van der Waals surface area (Å²) in [6, 6.07) is 3.04. The SMILES string of the molecule is Cn1cccc1C(=O)CN1C(=O)NC2(CCCCCCC2)C1=O. The number of nitrogens with one attached hydrogen (secondary N) is 1. The first-order chi connectivity index (χ1) is 11.0. The molecule has 1 aromatic heterocycles. The van der Waals surface area contributed by atoms with Crippen molar-refractivity contribution in [1.29, 1.82) is 0 Å². The molecular formula is C17H23N3O3. The van der Waals surface area contributed by atoms with Crippen LogP contribution in [-0.4, -0.2) is 39.3 Å². The summed E-state index contributed by atoms with van der Waals surface area (Å²) in [6.07, 6.45) is 8.36. The van der Waals surface area contributed by atoms with Crippen molar-refractivity contribution >= 4 is 17.7 Å². The molecule has 1 aliphatic heterocycles. The highest BCUT2D eigenvalue weighted by Gasteiger charge is 2.50. The number of carbonyl (C=O) groups excluding carboxylic acids is 3. The van der Waals surface area contributed by atoms with Crippen LogP contribution >= 0.6 is 0 Å². The first-order valence-electron chi connectivity index (χ1n) is 8.32. The molecule has 6 nitrogen and oxygen atoms in total. The first kappa shape index (κ1) is 15.8. The molecule has 3 amide bonds. The van der Waals surface area contributed by atoms with Gasteiger partial charge in [-0.15, -0.1) is 0 Å². The highest BCUT2D eigenvalue weighted by Crippen LogP contribution is 2.32. The number of nitrogens with zero attached hydrogens (tertiary/aromatic N) is 2. The van der Waals surface area contributed by atoms with Crippen molar-refractivity contribution in [3.05, 3.63) is 24.0 Å². The van der Waals surface area contributed by atoms with E-state index in [1.165, 1.54) is 6.42 Å². The number of carbonyl (C=O) groups is 3. The topological polar surface area (TPSA) is 71.4 Å². The van der Waals surface area contributed by atoms with E-state index in [-0.39, 0.29) is 18.2 Å². The molecule has 6 heteroatoms. The minimum Gasteiger partial charge on any atom is -0.348 e. The fourth-order valence-corrected chi connectivity index (χ4v) is 3.64. The molecule has 2 aliphatic rings. The van der Waals surface area contributed by atoms with Gasteiger partial charge in [0.1, 0.15) is 5.54 Å². The van der Waals surface area contributed by atoms with E-state index in [4.69, 9.17) is 0 Å². The van der Waals surface area contributed by atoms with Gasteiger partial charge < -0.3 is 9.88 Å². The third-order valence-corrected chi connectivity index (χ3v) is 4.98. The molecule has 0 atom stereocenters. The molecule has 3 rings (SSSR count). The van der Waals surface area contributed by atoms with Crippen LogP contribution in [0.15, 0.2) is 18.3 Å². The zero-order valence-electron chi connectivity index (χ0n) is 13.5. The summed E-state index contributed by atoms with van der Waals surface area (Å²) < 4.78 is 1.70. The Kier molecular flexibility index (Phi) is 4.24. The van der Waals surface area contributed by atoms with Crippen molar-refractivity contribution < 1.29 is 14.4 Å². The Hall–Kier alpha value is -2.11. The number of aryl methyl sites for hydroxylation is 1. The number of urea groups is 1.